The van der Waals surface area contributed by atoms with Crippen LogP contribution in [0.2, 0.25) is 5.02 Å². The van der Waals surface area contributed by atoms with Gasteiger partial charge in [-0.25, -0.2) is 8.42 Å². The Balaban J connectivity index is 2.03. The Morgan fingerprint density at radius 2 is 1.70 bits per heavy atom. The van der Waals surface area contributed by atoms with Crippen LogP contribution in [0.4, 0.5) is 0 Å². The van der Waals surface area contributed by atoms with Crippen LogP contribution in [0.15, 0.2) is 53.4 Å². The second-order valence-corrected chi connectivity index (χ2v) is 8.36. The van der Waals surface area contributed by atoms with Gasteiger partial charge in [0.25, 0.3) is 0 Å². The first-order chi connectivity index (χ1) is 10.8. The van der Waals surface area contributed by atoms with E-state index >= 15 is 0 Å². The number of rotatable bonds is 3. The molecule has 2 aromatic carbocycles. The van der Waals surface area contributed by atoms with Crippen LogP contribution in [0.1, 0.15) is 17.0 Å². The maximum Gasteiger partial charge on any atom is 0.184 e. The lowest BCUT2D eigenvalue weighted by molar-refractivity contribution is 0.592. The molecule has 2 N–H and O–H groups in total. The fourth-order valence-corrected chi connectivity index (χ4v) is 5.25. The third-order valence-electron chi connectivity index (χ3n) is 4.29. The predicted octanol–water partition coefficient (Wildman–Crippen LogP) is 2.81. The van der Waals surface area contributed by atoms with Gasteiger partial charge >= 0.3 is 0 Å². The summed E-state index contributed by atoms with van der Waals surface area (Å²) in [5, 5.41) is 8.91. The highest BCUT2D eigenvalue weighted by Gasteiger charge is 2.70. The van der Waals surface area contributed by atoms with Gasteiger partial charge < -0.3 is 5.73 Å². The molecule has 0 saturated heterocycles. The summed E-state index contributed by atoms with van der Waals surface area (Å²) in [5.41, 5.74) is 6.51. The second-order valence-electron chi connectivity index (χ2n) is 5.85. The molecule has 23 heavy (non-hydrogen) atoms. The maximum absolute atomic E-state index is 12.9. The molecule has 2 aromatic rings. The van der Waals surface area contributed by atoms with Crippen molar-refractivity contribution in [2.24, 2.45) is 5.73 Å². The molecule has 0 aliphatic heterocycles. The molecule has 1 fully saturated rings. The Morgan fingerprint density at radius 1 is 1.13 bits per heavy atom. The van der Waals surface area contributed by atoms with Gasteiger partial charge in [0.2, 0.25) is 0 Å². The van der Waals surface area contributed by atoms with Gasteiger partial charge in [0, 0.05) is 10.9 Å². The van der Waals surface area contributed by atoms with E-state index in [1.54, 1.807) is 0 Å². The lowest BCUT2D eigenvalue weighted by Gasteiger charge is -2.04. The zero-order valence-electron chi connectivity index (χ0n) is 12.4. The Hall–Kier alpha value is -1.87. The Bertz CT molecular complexity index is 886. The number of benzene rings is 2. The molecule has 1 saturated carbocycles. The fourth-order valence-electron chi connectivity index (χ4n) is 2.94. The van der Waals surface area contributed by atoms with Crippen LogP contribution in [0.3, 0.4) is 0 Å². The van der Waals surface area contributed by atoms with Gasteiger partial charge in [-0.2, -0.15) is 5.26 Å². The number of nitrogens with two attached hydrogens (primary N) is 1. The second kappa shape index (κ2) is 5.34. The molecule has 3 rings (SSSR count). The van der Waals surface area contributed by atoms with Gasteiger partial charge in [0.05, 0.1) is 11.0 Å². The van der Waals surface area contributed by atoms with Crippen LogP contribution in [-0.2, 0) is 9.84 Å². The fraction of sp³-hybridized carbons (Fsp3) is 0.235. The van der Waals surface area contributed by atoms with Crippen LogP contribution in [0, 0.1) is 18.3 Å². The molecule has 4 nitrogen and oxygen atoms in total. The number of hydrogen-bond donors (Lipinski definition) is 1. The summed E-state index contributed by atoms with van der Waals surface area (Å²) in [7, 11) is -3.72. The first kappa shape index (κ1) is 16.0. The lowest BCUT2D eigenvalue weighted by Crippen LogP contribution is -2.29. The average Bonchev–Trinajstić information content (AvgIpc) is 3.16. The van der Waals surface area contributed by atoms with Gasteiger partial charge in [-0.1, -0.05) is 41.4 Å². The molecule has 3 atom stereocenters. The van der Waals surface area contributed by atoms with E-state index in [2.05, 4.69) is 0 Å². The number of halogens is 1. The van der Waals surface area contributed by atoms with Crippen LogP contribution >= 0.6 is 11.6 Å². The number of nitriles is 1. The summed E-state index contributed by atoms with van der Waals surface area (Å²) in [5.74, 6) is -0.534. The van der Waals surface area contributed by atoms with E-state index in [0.29, 0.717) is 5.02 Å². The van der Waals surface area contributed by atoms with Crippen molar-refractivity contribution >= 4 is 21.4 Å². The van der Waals surface area contributed by atoms with Crippen LogP contribution in [0.5, 0.6) is 0 Å². The van der Waals surface area contributed by atoms with Gasteiger partial charge in [-0.15, -0.1) is 0 Å². The molecule has 1 aliphatic carbocycles. The SMILES string of the molecule is Cc1ccc([C@@H]2[C@@H](S(=O)(=O)c3ccc(Cl)cc3)[C@@]2(N)C#N)cc1. The van der Waals surface area contributed by atoms with E-state index in [1.807, 2.05) is 37.3 Å². The Kier molecular flexibility index (Phi) is 3.72. The molecular formula is C17H15ClN2O2S. The molecule has 0 unspecified atom stereocenters. The molecule has 1 aliphatic rings. The third kappa shape index (κ3) is 2.53. The van der Waals surface area contributed by atoms with Crippen molar-refractivity contribution in [1.82, 2.24) is 0 Å². The monoisotopic (exact) mass is 346 g/mol. The van der Waals surface area contributed by atoms with E-state index in [4.69, 9.17) is 17.3 Å². The topological polar surface area (TPSA) is 83.9 Å². The summed E-state index contributed by atoms with van der Waals surface area (Å²) >= 11 is 5.81. The predicted molar refractivity (Wildman–Crippen MR) is 88.9 cm³/mol. The summed E-state index contributed by atoms with van der Waals surface area (Å²) < 4.78 is 25.7. The van der Waals surface area contributed by atoms with Crippen molar-refractivity contribution < 1.29 is 8.42 Å². The summed E-state index contributed by atoms with van der Waals surface area (Å²) in [6.07, 6.45) is 0. The molecule has 0 spiro atoms. The number of hydrogen-bond acceptors (Lipinski definition) is 4. The van der Waals surface area contributed by atoms with Crippen LogP contribution in [-0.4, -0.2) is 19.2 Å². The van der Waals surface area contributed by atoms with Gasteiger partial charge in [0.1, 0.15) is 10.8 Å². The van der Waals surface area contributed by atoms with Crippen molar-refractivity contribution in [3.63, 3.8) is 0 Å². The van der Waals surface area contributed by atoms with Gasteiger partial charge in [-0.3, -0.25) is 0 Å². The third-order valence-corrected chi connectivity index (χ3v) is 6.80. The first-order valence-corrected chi connectivity index (χ1v) is 8.99. The molecular weight excluding hydrogens is 332 g/mol. The zero-order valence-corrected chi connectivity index (χ0v) is 14.0. The summed E-state index contributed by atoms with van der Waals surface area (Å²) in [4.78, 5) is 0.131. The quantitative estimate of drug-likeness (QED) is 0.926. The lowest BCUT2D eigenvalue weighted by atomic mass is 10.1. The van der Waals surface area contributed by atoms with Gasteiger partial charge in [-0.05, 0) is 36.8 Å². The zero-order chi connectivity index (χ0) is 16.8. The van der Waals surface area contributed by atoms with Crippen molar-refractivity contribution in [3.8, 4) is 6.07 Å². The van der Waals surface area contributed by atoms with Crippen molar-refractivity contribution in [2.45, 2.75) is 28.5 Å². The first-order valence-electron chi connectivity index (χ1n) is 7.07. The maximum atomic E-state index is 12.9. The molecule has 0 heterocycles. The molecule has 0 amide bonds. The minimum absolute atomic E-state index is 0.131. The highest BCUT2D eigenvalue weighted by molar-refractivity contribution is 7.92. The number of aryl methyl sites for hydroxylation is 1. The summed E-state index contributed by atoms with van der Waals surface area (Å²) in [6, 6.07) is 15.3. The number of sulfone groups is 1. The van der Waals surface area contributed by atoms with Gasteiger partial charge in [0.15, 0.2) is 9.84 Å². The van der Waals surface area contributed by atoms with E-state index in [9.17, 15) is 13.7 Å². The normalized spacial score (nSPS) is 26.5. The van der Waals surface area contributed by atoms with Crippen LogP contribution in [0.25, 0.3) is 0 Å². The smallest absolute Gasteiger partial charge is 0.184 e. The van der Waals surface area contributed by atoms with E-state index < -0.39 is 26.5 Å². The molecule has 0 aromatic heterocycles. The van der Waals surface area contributed by atoms with E-state index in [0.717, 1.165) is 11.1 Å². The molecule has 6 heteroatoms. The number of nitrogens with zero attached hydrogens (tertiary/aromatic N) is 1. The van der Waals surface area contributed by atoms with E-state index in [1.165, 1.54) is 24.3 Å². The minimum atomic E-state index is -3.72. The summed E-state index contributed by atoms with van der Waals surface area (Å²) in [6.45, 7) is 1.94. The van der Waals surface area contributed by atoms with E-state index in [-0.39, 0.29) is 4.90 Å². The van der Waals surface area contributed by atoms with Crippen molar-refractivity contribution in [1.29, 1.82) is 5.26 Å². The average molecular weight is 347 g/mol. The molecule has 0 radical (unpaired) electrons. The Labute approximate surface area is 140 Å². The van der Waals surface area contributed by atoms with Crippen molar-refractivity contribution in [3.05, 3.63) is 64.7 Å². The standard InChI is InChI=1S/C17H15ClN2O2S/c1-11-2-4-12(5-3-11)15-16(17(15,20)10-19)23(21,22)14-8-6-13(18)7-9-14/h2-9,15-16H,20H2,1H3/t15-,16-,17-/m1/s1. The highest BCUT2D eigenvalue weighted by atomic mass is 35.5. The molecule has 118 valence electrons. The highest BCUT2D eigenvalue weighted by Crippen LogP contribution is 2.55. The Morgan fingerprint density at radius 3 is 2.22 bits per heavy atom. The minimum Gasteiger partial charge on any atom is -0.312 e. The van der Waals surface area contributed by atoms with Crippen molar-refractivity contribution in [2.75, 3.05) is 0 Å². The largest absolute Gasteiger partial charge is 0.312 e. The molecule has 0 bridgehead atoms. The van der Waals surface area contributed by atoms with Crippen LogP contribution < -0.4 is 5.73 Å².